The Balaban J connectivity index is 2.59. The van der Waals surface area contributed by atoms with Gasteiger partial charge in [0.2, 0.25) is 0 Å². The van der Waals surface area contributed by atoms with Crippen LogP contribution in [0.1, 0.15) is 38.7 Å². The van der Waals surface area contributed by atoms with E-state index in [0.717, 1.165) is 5.92 Å². The molecule has 65 valence electrons. The van der Waals surface area contributed by atoms with E-state index in [0.29, 0.717) is 5.92 Å². The Kier molecular flexibility index (Phi) is 3.33. The largest absolute Gasteiger partial charge is 0.0628 e. The molecule has 0 aliphatic carbocycles. The van der Waals surface area contributed by atoms with Crippen LogP contribution in [0, 0.1) is 12.0 Å². The zero-order valence-electron chi connectivity index (χ0n) is 8.17. The summed E-state index contributed by atoms with van der Waals surface area (Å²) < 4.78 is 0. The molecular formula is C12H17. The molecule has 0 aliphatic heterocycles. The first kappa shape index (κ1) is 9.31. The van der Waals surface area contributed by atoms with Gasteiger partial charge in [-0.15, -0.1) is 0 Å². The average Bonchev–Trinajstić information content (AvgIpc) is 2.05. The third kappa shape index (κ3) is 2.69. The first-order valence-electron chi connectivity index (χ1n) is 4.66. The van der Waals surface area contributed by atoms with E-state index in [1.54, 1.807) is 0 Å². The summed E-state index contributed by atoms with van der Waals surface area (Å²) in [6, 6.07) is 11.3. The molecule has 0 N–H and O–H groups in total. The van der Waals surface area contributed by atoms with Crippen LogP contribution < -0.4 is 0 Å². The van der Waals surface area contributed by atoms with Crippen LogP contribution >= 0.6 is 0 Å². The predicted octanol–water partition coefficient (Wildman–Crippen LogP) is 3.64. The zero-order chi connectivity index (χ0) is 8.97. The molecule has 0 fully saturated rings. The summed E-state index contributed by atoms with van der Waals surface area (Å²) in [6.45, 7) is 6.83. The van der Waals surface area contributed by atoms with Gasteiger partial charge in [-0.25, -0.2) is 0 Å². The van der Waals surface area contributed by atoms with Gasteiger partial charge in [0.25, 0.3) is 0 Å². The van der Waals surface area contributed by atoms with Crippen LogP contribution in [0.5, 0.6) is 0 Å². The summed E-state index contributed by atoms with van der Waals surface area (Å²) in [5.74, 6) is 1.46. The molecule has 1 aromatic rings. The second-order valence-electron chi connectivity index (χ2n) is 3.86. The minimum absolute atomic E-state index is 0.680. The number of hydrogen-bond donors (Lipinski definition) is 0. The minimum atomic E-state index is 0.680. The van der Waals surface area contributed by atoms with Crippen molar-refractivity contribution in [3.63, 3.8) is 0 Å². The van der Waals surface area contributed by atoms with E-state index in [-0.39, 0.29) is 0 Å². The van der Waals surface area contributed by atoms with Crippen molar-refractivity contribution in [2.45, 2.75) is 33.1 Å². The summed E-state index contributed by atoms with van der Waals surface area (Å²) in [7, 11) is 0. The van der Waals surface area contributed by atoms with Crippen LogP contribution in [0.25, 0.3) is 0 Å². The normalized spacial score (nSPS) is 13.3. The van der Waals surface area contributed by atoms with Gasteiger partial charge in [0, 0.05) is 0 Å². The third-order valence-corrected chi connectivity index (χ3v) is 2.14. The van der Waals surface area contributed by atoms with Gasteiger partial charge in [-0.2, -0.15) is 0 Å². The van der Waals surface area contributed by atoms with Crippen LogP contribution in [0.2, 0.25) is 0 Å². The van der Waals surface area contributed by atoms with Crippen LogP contribution in [0.15, 0.2) is 24.3 Å². The summed E-state index contributed by atoms with van der Waals surface area (Å²) in [6.07, 6.45) is 1.27. The van der Waals surface area contributed by atoms with Gasteiger partial charge in [-0.05, 0) is 29.9 Å². The Labute approximate surface area is 75.6 Å². The molecule has 12 heavy (non-hydrogen) atoms. The lowest BCUT2D eigenvalue weighted by molar-refractivity contribution is 0.524. The van der Waals surface area contributed by atoms with E-state index in [1.165, 1.54) is 12.0 Å². The molecule has 1 unspecified atom stereocenters. The fourth-order valence-corrected chi connectivity index (χ4v) is 1.57. The molecule has 0 aromatic heterocycles. The van der Waals surface area contributed by atoms with Crippen molar-refractivity contribution in [3.8, 4) is 0 Å². The van der Waals surface area contributed by atoms with Crippen molar-refractivity contribution < 1.29 is 0 Å². The van der Waals surface area contributed by atoms with Crippen LogP contribution in [0.3, 0.4) is 0 Å². The molecule has 1 aromatic carbocycles. The molecule has 1 radical (unpaired) electrons. The second kappa shape index (κ2) is 4.30. The molecule has 0 heteroatoms. The third-order valence-electron chi connectivity index (χ3n) is 2.14. The number of benzene rings is 1. The van der Waals surface area contributed by atoms with Crippen LogP contribution in [-0.2, 0) is 0 Å². The Hall–Kier alpha value is -0.780. The lowest BCUT2D eigenvalue weighted by Crippen LogP contribution is -1.98. The Morgan fingerprint density at radius 2 is 1.75 bits per heavy atom. The maximum absolute atomic E-state index is 3.04. The highest BCUT2D eigenvalue weighted by atomic mass is 14.1. The van der Waals surface area contributed by atoms with E-state index in [2.05, 4.69) is 39.0 Å². The molecule has 0 aliphatic rings. The van der Waals surface area contributed by atoms with Crippen LogP contribution in [-0.4, -0.2) is 0 Å². The van der Waals surface area contributed by atoms with Crippen molar-refractivity contribution >= 4 is 0 Å². The maximum Gasteiger partial charge on any atom is -0.0184 e. The van der Waals surface area contributed by atoms with E-state index in [9.17, 15) is 0 Å². The highest BCUT2D eigenvalue weighted by Gasteiger charge is 2.06. The van der Waals surface area contributed by atoms with Crippen molar-refractivity contribution in [2.75, 3.05) is 0 Å². The average molecular weight is 161 g/mol. The van der Waals surface area contributed by atoms with Crippen molar-refractivity contribution in [3.05, 3.63) is 35.9 Å². The molecule has 0 heterocycles. The SMILES string of the molecule is CC(C)CC(C)c1cc[c]cc1. The Bertz CT molecular complexity index is 211. The predicted molar refractivity (Wildman–Crippen MR) is 53.1 cm³/mol. The summed E-state index contributed by atoms with van der Waals surface area (Å²) in [4.78, 5) is 0. The summed E-state index contributed by atoms with van der Waals surface area (Å²) in [5.41, 5.74) is 1.43. The second-order valence-corrected chi connectivity index (χ2v) is 3.86. The molecule has 0 saturated heterocycles. The standard InChI is InChI=1S/C12H17/c1-10(2)9-11(3)12-7-5-4-6-8-12/h5-8,10-11H,9H2,1-3H3. The first-order chi connectivity index (χ1) is 5.70. The monoisotopic (exact) mass is 161 g/mol. The quantitative estimate of drug-likeness (QED) is 0.635. The van der Waals surface area contributed by atoms with Crippen LogP contribution in [0.4, 0.5) is 0 Å². The molecule has 0 spiro atoms. The summed E-state index contributed by atoms with van der Waals surface area (Å²) in [5, 5.41) is 0. The first-order valence-corrected chi connectivity index (χ1v) is 4.66. The molecule has 0 bridgehead atoms. The molecule has 0 amide bonds. The maximum atomic E-state index is 3.04. The van der Waals surface area contributed by atoms with E-state index in [4.69, 9.17) is 0 Å². The fraction of sp³-hybridized carbons (Fsp3) is 0.500. The lowest BCUT2D eigenvalue weighted by Gasteiger charge is -2.13. The van der Waals surface area contributed by atoms with Gasteiger partial charge in [-0.3, -0.25) is 0 Å². The van der Waals surface area contributed by atoms with Crippen molar-refractivity contribution in [2.24, 2.45) is 5.92 Å². The highest BCUT2D eigenvalue weighted by Crippen LogP contribution is 2.22. The smallest absolute Gasteiger partial charge is 0.0184 e. The van der Waals surface area contributed by atoms with Gasteiger partial charge < -0.3 is 0 Å². The van der Waals surface area contributed by atoms with Crippen molar-refractivity contribution in [1.82, 2.24) is 0 Å². The van der Waals surface area contributed by atoms with E-state index >= 15 is 0 Å². The fourth-order valence-electron chi connectivity index (χ4n) is 1.57. The molecule has 1 rings (SSSR count). The Morgan fingerprint density at radius 3 is 2.25 bits per heavy atom. The Morgan fingerprint density at radius 1 is 1.17 bits per heavy atom. The number of rotatable bonds is 3. The molecule has 0 saturated carbocycles. The van der Waals surface area contributed by atoms with Gasteiger partial charge in [0.15, 0.2) is 0 Å². The zero-order valence-corrected chi connectivity index (χ0v) is 8.17. The van der Waals surface area contributed by atoms with E-state index in [1.807, 2.05) is 12.1 Å². The van der Waals surface area contributed by atoms with Gasteiger partial charge >= 0.3 is 0 Å². The number of hydrogen-bond acceptors (Lipinski definition) is 0. The van der Waals surface area contributed by atoms with E-state index < -0.39 is 0 Å². The van der Waals surface area contributed by atoms with Gasteiger partial charge in [0.1, 0.15) is 0 Å². The van der Waals surface area contributed by atoms with Crippen molar-refractivity contribution in [1.29, 1.82) is 0 Å². The molecule has 1 atom stereocenters. The summed E-state index contributed by atoms with van der Waals surface area (Å²) >= 11 is 0. The molecular weight excluding hydrogens is 144 g/mol. The van der Waals surface area contributed by atoms with Gasteiger partial charge in [-0.1, -0.05) is 45.0 Å². The topological polar surface area (TPSA) is 0 Å². The minimum Gasteiger partial charge on any atom is -0.0628 e. The highest BCUT2D eigenvalue weighted by molar-refractivity contribution is 5.17. The van der Waals surface area contributed by atoms with Gasteiger partial charge in [0.05, 0.1) is 0 Å². The lowest BCUT2D eigenvalue weighted by atomic mass is 9.92. The molecule has 0 nitrogen and oxygen atoms in total.